The molecular formula is C12H21FN2O2. The standard InChI is InChI=1S/C12H21FN2O2/c1-4-8(2)11-12(17)15(6-5-13)9(3)7-10(16)14-11/h8-9,11H,4-7H2,1-3H3,(H,14,16). The molecule has 1 heterocycles. The summed E-state index contributed by atoms with van der Waals surface area (Å²) in [5.41, 5.74) is 0. The lowest BCUT2D eigenvalue weighted by Crippen LogP contribution is -2.50. The Morgan fingerprint density at radius 3 is 2.71 bits per heavy atom. The zero-order chi connectivity index (χ0) is 13.0. The molecule has 0 radical (unpaired) electrons. The van der Waals surface area contributed by atoms with E-state index in [0.717, 1.165) is 6.42 Å². The van der Waals surface area contributed by atoms with Gasteiger partial charge in [0.1, 0.15) is 12.7 Å². The van der Waals surface area contributed by atoms with Crippen LogP contribution >= 0.6 is 0 Å². The van der Waals surface area contributed by atoms with Crippen LogP contribution in [0.2, 0.25) is 0 Å². The summed E-state index contributed by atoms with van der Waals surface area (Å²) in [6.45, 7) is 5.18. The molecule has 98 valence electrons. The number of rotatable bonds is 4. The molecule has 1 aliphatic heterocycles. The van der Waals surface area contributed by atoms with Gasteiger partial charge in [-0.05, 0) is 12.8 Å². The van der Waals surface area contributed by atoms with Gasteiger partial charge in [-0.1, -0.05) is 20.3 Å². The summed E-state index contributed by atoms with van der Waals surface area (Å²) in [4.78, 5) is 25.4. The predicted molar refractivity (Wildman–Crippen MR) is 63.2 cm³/mol. The van der Waals surface area contributed by atoms with Crippen LogP contribution in [0.15, 0.2) is 0 Å². The summed E-state index contributed by atoms with van der Waals surface area (Å²) >= 11 is 0. The summed E-state index contributed by atoms with van der Waals surface area (Å²) < 4.78 is 12.5. The first kappa shape index (κ1) is 13.9. The van der Waals surface area contributed by atoms with Crippen molar-refractivity contribution in [1.29, 1.82) is 0 Å². The number of alkyl halides is 1. The Bertz CT molecular complexity index is 296. The van der Waals surface area contributed by atoms with Gasteiger partial charge >= 0.3 is 0 Å². The van der Waals surface area contributed by atoms with Crippen LogP contribution in [0.3, 0.4) is 0 Å². The molecule has 0 saturated carbocycles. The molecule has 0 spiro atoms. The third-order valence-corrected chi connectivity index (χ3v) is 3.42. The van der Waals surface area contributed by atoms with Crippen LogP contribution in [-0.2, 0) is 9.59 Å². The van der Waals surface area contributed by atoms with Gasteiger partial charge in [0.15, 0.2) is 0 Å². The number of halogens is 1. The number of carbonyl (C=O) groups excluding carboxylic acids is 2. The molecule has 1 aliphatic rings. The quantitative estimate of drug-likeness (QED) is 0.805. The highest BCUT2D eigenvalue weighted by Crippen LogP contribution is 2.17. The zero-order valence-electron chi connectivity index (χ0n) is 10.7. The Morgan fingerprint density at radius 1 is 1.53 bits per heavy atom. The second kappa shape index (κ2) is 5.98. The fourth-order valence-electron chi connectivity index (χ4n) is 2.11. The number of amides is 2. The third-order valence-electron chi connectivity index (χ3n) is 3.42. The van der Waals surface area contributed by atoms with Crippen molar-refractivity contribution in [3.05, 3.63) is 0 Å². The average molecular weight is 244 g/mol. The summed E-state index contributed by atoms with van der Waals surface area (Å²) in [6, 6.07) is -0.740. The molecule has 0 aliphatic carbocycles. The van der Waals surface area contributed by atoms with Crippen molar-refractivity contribution in [1.82, 2.24) is 10.2 Å². The van der Waals surface area contributed by atoms with E-state index in [2.05, 4.69) is 5.32 Å². The Hall–Kier alpha value is -1.13. The van der Waals surface area contributed by atoms with E-state index in [1.165, 1.54) is 4.90 Å². The molecule has 0 aromatic carbocycles. The van der Waals surface area contributed by atoms with Gasteiger partial charge in [0.05, 0.1) is 0 Å². The zero-order valence-corrected chi connectivity index (χ0v) is 10.7. The molecule has 1 N–H and O–H groups in total. The highest BCUT2D eigenvalue weighted by Gasteiger charge is 2.35. The molecule has 17 heavy (non-hydrogen) atoms. The minimum absolute atomic E-state index is 0.0684. The van der Waals surface area contributed by atoms with Gasteiger partial charge in [0.2, 0.25) is 11.8 Å². The number of carbonyl (C=O) groups is 2. The number of hydrogen-bond donors (Lipinski definition) is 1. The van der Waals surface area contributed by atoms with Crippen molar-refractivity contribution in [3.8, 4) is 0 Å². The summed E-state index contributed by atoms with van der Waals surface area (Å²) in [7, 11) is 0. The summed E-state index contributed by atoms with van der Waals surface area (Å²) in [6.07, 6.45) is 1.05. The monoisotopic (exact) mass is 244 g/mol. The van der Waals surface area contributed by atoms with Crippen molar-refractivity contribution in [3.63, 3.8) is 0 Å². The van der Waals surface area contributed by atoms with Gasteiger partial charge in [0, 0.05) is 19.0 Å². The van der Waals surface area contributed by atoms with Gasteiger partial charge in [-0.15, -0.1) is 0 Å². The van der Waals surface area contributed by atoms with Crippen molar-refractivity contribution in [2.45, 2.75) is 45.7 Å². The van der Waals surface area contributed by atoms with Crippen molar-refractivity contribution >= 4 is 11.8 Å². The van der Waals surface area contributed by atoms with E-state index in [1.54, 1.807) is 6.92 Å². The maximum absolute atomic E-state index is 12.5. The minimum Gasteiger partial charge on any atom is -0.344 e. The molecule has 1 saturated heterocycles. The van der Waals surface area contributed by atoms with Crippen molar-refractivity contribution in [2.75, 3.05) is 13.2 Å². The van der Waals surface area contributed by atoms with Crippen LogP contribution in [0, 0.1) is 5.92 Å². The smallest absolute Gasteiger partial charge is 0.245 e. The van der Waals surface area contributed by atoms with E-state index in [9.17, 15) is 14.0 Å². The number of nitrogens with zero attached hydrogens (tertiary/aromatic N) is 1. The SMILES string of the molecule is CCC(C)C1NC(=O)CC(C)N(CCF)C1=O. The van der Waals surface area contributed by atoms with Gasteiger partial charge < -0.3 is 10.2 Å². The molecule has 3 atom stereocenters. The molecule has 5 heteroatoms. The van der Waals surface area contributed by atoms with Crippen LogP contribution in [0.4, 0.5) is 4.39 Å². The van der Waals surface area contributed by atoms with Gasteiger partial charge in [-0.25, -0.2) is 4.39 Å². The molecule has 0 aromatic rings. The maximum Gasteiger partial charge on any atom is 0.245 e. The first-order chi connectivity index (χ1) is 8.01. The second-order valence-electron chi connectivity index (χ2n) is 4.70. The molecule has 0 bridgehead atoms. The molecule has 1 fully saturated rings. The lowest BCUT2D eigenvalue weighted by molar-refractivity contribution is -0.136. The predicted octanol–water partition coefficient (Wildman–Crippen LogP) is 1.11. The minimum atomic E-state index is -0.572. The highest BCUT2D eigenvalue weighted by atomic mass is 19.1. The summed E-state index contributed by atoms with van der Waals surface area (Å²) in [5.74, 6) is -0.216. The Labute approximate surface area is 102 Å². The maximum atomic E-state index is 12.5. The summed E-state index contributed by atoms with van der Waals surface area (Å²) in [5, 5.41) is 2.75. The largest absolute Gasteiger partial charge is 0.344 e. The molecule has 2 amide bonds. The van der Waals surface area contributed by atoms with Crippen LogP contribution in [0.1, 0.15) is 33.6 Å². The van der Waals surface area contributed by atoms with Crippen molar-refractivity contribution < 1.29 is 14.0 Å². The van der Waals surface area contributed by atoms with Crippen LogP contribution in [0.25, 0.3) is 0 Å². The van der Waals surface area contributed by atoms with E-state index < -0.39 is 12.7 Å². The molecule has 0 aromatic heterocycles. The lowest BCUT2D eigenvalue weighted by atomic mass is 9.98. The second-order valence-corrected chi connectivity index (χ2v) is 4.70. The van der Waals surface area contributed by atoms with E-state index >= 15 is 0 Å². The molecule has 1 rings (SSSR count). The van der Waals surface area contributed by atoms with Gasteiger partial charge in [-0.2, -0.15) is 0 Å². The highest BCUT2D eigenvalue weighted by molar-refractivity contribution is 5.90. The topological polar surface area (TPSA) is 49.4 Å². The fraction of sp³-hybridized carbons (Fsp3) is 0.833. The normalized spacial score (nSPS) is 27.6. The van der Waals surface area contributed by atoms with Crippen LogP contribution < -0.4 is 5.32 Å². The third kappa shape index (κ3) is 3.17. The van der Waals surface area contributed by atoms with Crippen molar-refractivity contribution in [2.24, 2.45) is 5.92 Å². The van der Waals surface area contributed by atoms with Crippen LogP contribution in [-0.4, -0.2) is 42.0 Å². The fourth-order valence-corrected chi connectivity index (χ4v) is 2.11. The Kier molecular flexibility index (Phi) is 4.90. The first-order valence-corrected chi connectivity index (χ1v) is 6.17. The molecule has 4 nitrogen and oxygen atoms in total. The van der Waals surface area contributed by atoms with Gasteiger partial charge in [0.25, 0.3) is 0 Å². The molecule has 3 unspecified atom stereocenters. The van der Waals surface area contributed by atoms with Gasteiger partial charge in [-0.3, -0.25) is 9.59 Å². The molecular weight excluding hydrogens is 223 g/mol. The lowest BCUT2D eigenvalue weighted by Gasteiger charge is -2.29. The Balaban J connectivity index is 2.91. The van der Waals surface area contributed by atoms with Crippen LogP contribution in [0.5, 0.6) is 0 Å². The number of hydrogen-bond acceptors (Lipinski definition) is 2. The van der Waals surface area contributed by atoms with E-state index in [1.807, 2.05) is 13.8 Å². The average Bonchev–Trinajstić information content (AvgIpc) is 2.39. The number of nitrogens with one attached hydrogen (secondary N) is 1. The van der Waals surface area contributed by atoms with E-state index in [-0.39, 0.29) is 36.7 Å². The van der Waals surface area contributed by atoms with E-state index in [4.69, 9.17) is 0 Å². The first-order valence-electron chi connectivity index (χ1n) is 6.17. The Morgan fingerprint density at radius 2 is 2.18 bits per heavy atom. The van der Waals surface area contributed by atoms with E-state index in [0.29, 0.717) is 0 Å².